The van der Waals surface area contributed by atoms with Crippen LogP contribution in [0.4, 0.5) is 17.6 Å². The zero-order valence-corrected chi connectivity index (χ0v) is 19.4. The van der Waals surface area contributed by atoms with Crippen LogP contribution in [0.3, 0.4) is 0 Å². The Bertz CT molecular complexity index is 1290. The van der Waals surface area contributed by atoms with E-state index in [1.54, 1.807) is 12.1 Å². The Balaban J connectivity index is 1.41. The van der Waals surface area contributed by atoms with Gasteiger partial charge in [-0.15, -0.1) is 0 Å². The van der Waals surface area contributed by atoms with Crippen molar-refractivity contribution in [2.45, 2.75) is 43.9 Å². The number of pyridine rings is 1. The second kappa shape index (κ2) is 9.44. The molecule has 5 nitrogen and oxygen atoms in total. The highest BCUT2D eigenvalue weighted by molar-refractivity contribution is 5.71. The van der Waals surface area contributed by atoms with Crippen LogP contribution < -0.4 is 9.47 Å². The van der Waals surface area contributed by atoms with Crippen LogP contribution in [0.5, 0.6) is 11.5 Å². The molecule has 2 aromatic carbocycles. The fourth-order valence-electron chi connectivity index (χ4n) is 4.99. The van der Waals surface area contributed by atoms with Gasteiger partial charge in [0.2, 0.25) is 5.95 Å². The molecule has 1 aliphatic carbocycles. The van der Waals surface area contributed by atoms with E-state index in [1.165, 1.54) is 25.4 Å². The van der Waals surface area contributed by atoms with Gasteiger partial charge in [-0.25, -0.2) is 4.98 Å². The van der Waals surface area contributed by atoms with Gasteiger partial charge in [0.15, 0.2) is 0 Å². The van der Waals surface area contributed by atoms with Crippen LogP contribution in [-0.2, 0) is 28.5 Å². The predicted octanol–water partition coefficient (Wildman–Crippen LogP) is 5.94. The number of benzene rings is 2. The van der Waals surface area contributed by atoms with E-state index in [9.17, 15) is 22.4 Å². The SMILES string of the molecule is COC(=O)CC1COc2cc(OC3CCc4c3ccc(C(F)(F)F)c4Cc3ccc(F)nc3)ccc21. The fraction of sp³-hybridized carbons (Fsp3) is 0.333. The molecule has 2 atom stereocenters. The molecule has 3 aromatic rings. The molecular weight excluding hydrogens is 478 g/mol. The molecule has 0 bridgehead atoms. The van der Waals surface area contributed by atoms with Crippen molar-refractivity contribution in [1.82, 2.24) is 4.98 Å². The standard InChI is InChI=1S/C27H23F4NO4/c1-34-26(33)11-16-14-35-24-12-17(3-4-18(16)24)36-23-8-6-19-20(23)5-7-22(27(29,30)31)21(19)10-15-2-9-25(28)32-13-15/h2-5,7,9,12-13,16,23H,6,8,10-11,14H2,1H3. The molecule has 36 heavy (non-hydrogen) atoms. The molecule has 0 radical (unpaired) electrons. The number of ether oxygens (including phenoxy) is 3. The number of aromatic nitrogens is 1. The Morgan fingerprint density at radius 1 is 1.14 bits per heavy atom. The summed E-state index contributed by atoms with van der Waals surface area (Å²) in [5.41, 5.74) is 2.17. The average Bonchev–Trinajstić information content (AvgIpc) is 3.44. The number of methoxy groups -OCH3 is 1. The highest BCUT2D eigenvalue weighted by Crippen LogP contribution is 2.44. The van der Waals surface area contributed by atoms with Gasteiger partial charge in [-0.3, -0.25) is 4.79 Å². The summed E-state index contributed by atoms with van der Waals surface area (Å²) in [4.78, 5) is 15.2. The number of carbonyl (C=O) groups is 1. The predicted molar refractivity (Wildman–Crippen MR) is 121 cm³/mol. The minimum atomic E-state index is -4.52. The number of rotatable bonds is 6. The first-order valence-electron chi connectivity index (χ1n) is 11.6. The third-order valence-corrected chi connectivity index (χ3v) is 6.73. The number of alkyl halides is 3. The summed E-state index contributed by atoms with van der Waals surface area (Å²) in [6, 6.07) is 10.5. The number of halogens is 4. The maximum Gasteiger partial charge on any atom is 0.416 e. The summed E-state index contributed by atoms with van der Waals surface area (Å²) in [7, 11) is 1.34. The van der Waals surface area contributed by atoms with Gasteiger partial charge in [0, 0.05) is 23.7 Å². The smallest absolute Gasteiger partial charge is 0.416 e. The maximum atomic E-state index is 13.8. The van der Waals surface area contributed by atoms with Crippen molar-refractivity contribution >= 4 is 5.97 Å². The molecule has 0 N–H and O–H groups in total. The average molecular weight is 501 g/mol. The van der Waals surface area contributed by atoms with Crippen LogP contribution in [0, 0.1) is 5.95 Å². The topological polar surface area (TPSA) is 57.7 Å². The third-order valence-electron chi connectivity index (χ3n) is 6.73. The van der Waals surface area contributed by atoms with Crippen LogP contribution in [0.15, 0.2) is 48.7 Å². The second-order valence-electron chi connectivity index (χ2n) is 8.96. The first-order chi connectivity index (χ1) is 17.2. The lowest BCUT2D eigenvalue weighted by molar-refractivity contribution is -0.141. The largest absolute Gasteiger partial charge is 0.492 e. The Hall–Kier alpha value is -3.62. The van der Waals surface area contributed by atoms with E-state index in [2.05, 4.69) is 4.98 Å². The lowest BCUT2D eigenvalue weighted by Crippen LogP contribution is -2.13. The summed E-state index contributed by atoms with van der Waals surface area (Å²) in [6.45, 7) is 0.363. The number of hydrogen-bond donors (Lipinski definition) is 0. The van der Waals surface area contributed by atoms with Crippen LogP contribution in [0.1, 0.15) is 58.2 Å². The molecule has 1 aromatic heterocycles. The van der Waals surface area contributed by atoms with E-state index in [1.807, 2.05) is 6.07 Å². The summed E-state index contributed by atoms with van der Waals surface area (Å²) in [5, 5.41) is 0. The quantitative estimate of drug-likeness (QED) is 0.238. The monoisotopic (exact) mass is 501 g/mol. The van der Waals surface area contributed by atoms with Crippen molar-refractivity contribution < 1.29 is 36.6 Å². The van der Waals surface area contributed by atoms with Crippen molar-refractivity contribution in [1.29, 1.82) is 0 Å². The second-order valence-corrected chi connectivity index (χ2v) is 8.96. The van der Waals surface area contributed by atoms with E-state index in [-0.39, 0.29) is 30.3 Å². The maximum absolute atomic E-state index is 13.8. The first-order valence-corrected chi connectivity index (χ1v) is 11.6. The minimum absolute atomic E-state index is 0.00765. The first kappa shape index (κ1) is 24.1. The van der Waals surface area contributed by atoms with Gasteiger partial charge in [0.05, 0.1) is 25.7 Å². The molecule has 188 valence electrons. The minimum Gasteiger partial charge on any atom is -0.492 e. The van der Waals surface area contributed by atoms with Crippen molar-refractivity contribution in [3.8, 4) is 11.5 Å². The highest BCUT2D eigenvalue weighted by Gasteiger charge is 2.37. The van der Waals surface area contributed by atoms with Gasteiger partial charge >= 0.3 is 12.1 Å². The molecule has 9 heteroatoms. The molecule has 0 saturated heterocycles. The van der Waals surface area contributed by atoms with Gasteiger partial charge in [-0.1, -0.05) is 18.2 Å². The van der Waals surface area contributed by atoms with Crippen LogP contribution in [-0.4, -0.2) is 24.7 Å². The van der Waals surface area contributed by atoms with Crippen molar-refractivity contribution in [2.24, 2.45) is 0 Å². The Labute approximate surface area is 205 Å². The normalized spacial score (nSPS) is 18.4. The van der Waals surface area contributed by atoms with Crippen LogP contribution >= 0.6 is 0 Å². The van der Waals surface area contributed by atoms with Gasteiger partial charge < -0.3 is 14.2 Å². The zero-order chi connectivity index (χ0) is 25.4. The summed E-state index contributed by atoms with van der Waals surface area (Å²) in [6.07, 6.45) is -2.52. The zero-order valence-electron chi connectivity index (χ0n) is 19.4. The number of nitrogens with zero attached hydrogens (tertiary/aromatic N) is 1. The molecule has 2 unspecified atom stereocenters. The summed E-state index contributed by atoms with van der Waals surface area (Å²) >= 11 is 0. The molecule has 5 rings (SSSR count). The number of fused-ring (bicyclic) bond motifs is 2. The van der Waals surface area contributed by atoms with Gasteiger partial charge in [0.25, 0.3) is 0 Å². The van der Waals surface area contributed by atoms with E-state index in [0.29, 0.717) is 47.6 Å². The van der Waals surface area contributed by atoms with E-state index < -0.39 is 23.8 Å². The van der Waals surface area contributed by atoms with E-state index >= 15 is 0 Å². The lowest BCUT2D eigenvalue weighted by atomic mass is 9.92. The number of hydrogen-bond acceptors (Lipinski definition) is 5. The lowest BCUT2D eigenvalue weighted by Gasteiger charge is -2.19. The Kier molecular flexibility index (Phi) is 6.32. The van der Waals surface area contributed by atoms with E-state index in [4.69, 9.17) is 14.2 Å². The summed E-state index contributed by atoms with van der Waals surface area (Å²) in [5.74, 6) is 0.0605. The third kappa shape index (κ3) is 4.74. The molecular formula is C27H23F4NO4. The van der Waals surface area contributed by atoms with Crippen molar-refractivity contribution in [3.63, 3.8) is 0 Å². The number of carbonyl (C=O) groups excluding carboxylic acids is 1. The fourth-order valence-corrected chi connectivity index (χ4v) is 4.99. The molecule has 0 amide bonds. The summed E-state index contributed by atoms with van der Waals surface area (Å²) < 4.78 is 71.4. The van der Waals surface area contributed by atoms with Gasteiger partial charge in [0.1, 0.15) is 17.6 Å². The van der Waals surface area contributed by atoms with Crippen LogP contribution in [0.2, 0.25) is 0 Å². The molecule has 1 aliphatic heterocycles. The molecule has 2 aliphatic rings. The van der Waals surface area contributed by atoms with Gasteiger partial charge in [-0.05, 0) is 59.7 Å². The Morgan fingerprint density at radius 3 is 2.67 bits per heavy atom. The highest BCUT2D eigenvalue weighted by atomic mass is 19.4. The van der Waals surface area contributed by atoms with Crippen molar-refractivity contribution in [2.75, 3.05) is 13.7 Å². The van der Waals surface area contributed by atoms with Gasteiger partial charge in [-0.2, -0.15) is 17.6 Å². The Morgan fingerprint density at radius 2 is 1.94 bits per heavy atom. The van der Waals surface area contributed by atoms with Crippen LogP contribution in [0.25, 0.3) is 0 Å². The molecule has 0 fully saturated rings. The van der Waals surface area contributed by atoms with Crippen molar-refractivity contribution in [3.05, 3.63) is 88.0 Å². The number of esters is 1. The van der Waals surface area contributed by atoms with E-state index in [0.717, 1.165) is 17.7 Å². The molecule has 2 heterocycles. The molecule has 0 spiro atoms. The molecule has 0 saturated carbocycles.